The van der Waals surface area contributed by atoms with Crippen LogP contribution in [0.5, 0.6) is 5.75 Å². The molecule has 0 unspecified atom stereocenters. The minimum Gasteiger partial charge on any atom is -0.494 e. The van der Waals surface area contributed by atoms with Crippen molar-refractivity contribution in [2.24, 2.45) is 5.73 Å². The van der Waals surface area contributed by atoms with Gasteiger partial charge in [-0.2, -0.15) is 0 Å². The predicted molar refractivity (Wildman–Crippen MR) is 102 cm³/mol. The number of primary amides is 1. The van der Waals surface area contributed by atoms with E-state index in [0.29, 0.717) is 16.8 Å². The first-order valence-corrected chi connectivity index (χ1v) is 8.79. The van der Waals surface area contributed by atoms with Crippen molar-refractivity contribution in [3.05, 3.63) is 53.3 Å². The average Bonchev–Trinajstić information content (AvgIpc) is 3.16. The largest absolute Gasteiger partial charge is 0.494 e. The Morgan fingerprint density at radius 3 is 2.56 bits per heavy atom. The van der Waals surface area contributed by atoms with Crippen molar-refractivity contribution < 1.29 is 18.7 Å². The molecule has 2 aromatic carbocycles. The zero-order valence-electron chi connectivity index (χ0n) is 15.1. The summed E-state index contributed by atoms with van der Waals surface area (Å²) < 4.78 is 18.7. The third kappa shape index (κ3) is 4.36. The molecule has 0 bridgehead atoms. The van der Waals surface area contributed by atoms with Gasteiger partial charge in [0.25, 0.3) is 0 Å². The van der Waals surface area contributed by atoms with Crippen LogP contribution >= 0.6 is 0 Å². The molecule has 7 heteroatoms. The van der Waals surface area contributed by atoms with Gasteiger partial charge in [0.05, 0.1) is 24.9 Å². The van der Waals surface area contributed by atoms with Crippen molar-refractivity contribution in [1.29, 1.82) is 0 Å². The number of amides is 2. The molecule has 1 fully saturated rings. The highest BCUT2D eigenvalue weighted by Gasteiger charge is 2.18. The lowest BCUT2D eigenvalue weighted by molar-refractivity contribution is -0.115. The molecule has 2 aromatic rings. The van der Waals surface area contributed by atoms with E-state index in [1.54, 1.807) is 24.3 Å². The smallest absolute Gasteiger partial charge is 0.248 e. The monoisotopic (exact) mass is 371 g/mol. The Balaban J connectivity index is 1.80. The molecule has 1 aliphatic rings. The van der Waals surface area contributed by atoms with Gasteiger partial charge in [0, 0.05) is 18.7 Å². The van der Waals surface area contributed by atoms with E-state index in [1.165, 1.54) is 19.2 Å². The molecule has 1 aliphatic heterocycles. The summed E-state index contributed by atoms with van der Waals surface area (Å²) in [4.78, 5) is 26.2. The van der Waals surface area contributed by atoms with Crippen LogP contribution in [0.25, 0.3) is 0 Å². The first-order chi connectivity index (χ1) is 13.0. The fourth-order valence-electron chi connectivity index (χ4n) is 3.22. The van der Waals surface area contributed by atoms with Gasteiger partial charge in [-0.1, -0.05) is 6.07 Å². The van der Waals surface area contributed by atoms with Gasteiger partial charge >= 0.3 is 0 Å². The first-order valence-electron chi connectivity index (χ1n) is 8.79. The molecule has 3 rings (SSSR count). The van der Waals surface area contributed by atoms with Crippen molar-refractivity contribution >= 4 is 23.2 Å². The van der Waals surface area contributed by atoms with Crippen molar-refractivity contribution in [3.63, 3.8) is 0 Å². The molecular formula is C20H22FN3O3. The lowest BCUT2D eigenvalue weighted by atomic mass is 10.1. The molecular weight excluding hydrogens is 349 g/mol. The lowest BCUT2D eigenvalue weighted by Crippen LogP contribution is -2.22. The number of hydrogen-bond acceptors (Lipinski definition) is 4. The van der Waals surface area contributed by atoms with E-state index in [9.17, 15) is 14.0 Å². The van der Waals surface area contributed by atoms with Crippen LogP contribution in [0.3, 0.4) is 0 Å². The second kappa shape index (κ2) is 8.07. The predicted octanol–water partition coefficient (Wildman–Crippen LogP) is 2.71. The molecule has 0 spiro atoms. The number of nitrogens with two attached hydrogens (primary N) is 1. The van der Waals surface area contributed by atoms with E-state index >= 15 is 0 Å². The highest BCUT2D eigenvalue weighted by molar-refractivity contribution is 5.99. The van der Waals surface area contributed by atoms with Crippen LogP contribution in [-0.4, -0.2) is 32.0 Å². The van der Waals surface area contributed by atoms with Gasteiger partial charge in [0.2, 0.25) is 11.8 Å². The van der Waals surface area contributed by atoms with Crippen LogP contribution in [0.2, 0.25) is 0 Å². The molecule has 0 radical (unpaired) electrons. The zero-order chi connectivity index (χ0) is 19.4. The Morgan fingerprint density at radius 1 is 1.19 bits per heavy atom. The Kier molecular flexibility index (Phi) is 5.59. The molecule has 142 valence electrons. The molecule has 3 N–H and O–H groups in total. The van der Waals surface area contributed by atoms with Gasteiger partial charge in [0.1, 0.15) is 0 Å². The number of hydrogen-bond donors (Lipinski definition) is 2. The van der Waals surface area contributed by atoms with Gasteiger partial charge in [-0.15, -0.1) is 0 Å². The molecule has 27 heavy (non-hydrogen) atoms. The third-order valence-electron chi connectivity index (χ3n) is 4.58. The maximum absolute atomic E-state index is 13.8. The number of nitrogens with zero attached hydrogens (tertiary/aromatic N) is 1. The number of halogens is 1. The lowest BCUT2D eigenvalue weighted by Gasteiger charge is -2.22. The molecule has 0 aliphatic carbocycles. The van der Waals surface area contributed by atoms with Crippen molar-refractivity contribution in [2.75, 3.05) is 30.4 Å². The molecule has 2 amide bonds. The van der Waals surface area contributed by atoms with Crippen LogP contribution in [0.4, 0.5) is 15.8 Å². The summed E-state index contributed by atoms with van der Waals surface area (Å²) in [6.07, 6.45) is 2.16. The maximum atomic E-state index is 13.8. The first kappa shape index (κ1) is 18.7. The summed E-state index contributed by atoms with van der Waals surface area (Å²) in [5.74, 6) is -1.25. The standard InChI is InChI=1S/C20H22FN3O3/c1-27-18-7-4-13(10-15(18)21)11-19(25)23-16-12-14(20(22)26)5-6-17(16)24-8-2-3-9-24/h4-7,10,12H,2-3,8-9,11H2,1H3,(H2,22,26)(H,23,25). The topological polar surface area (TPSA) is 84.7 Å². The second-order valence-electron chi connectivity index (χ2n) is 6.48. The normalized spacial score (nSPS) is 13.5. The maximum Gasteiger partial charge on any atom is 0.248 e. The average molecular weight is 371 g/mol. The molecule has 1 saturated heterocycles. The quantitative estimate of drug-likeness (QED) is 0.818. The summed E-state index contributed by atoms with van der Waals surface area (Å²) in [6, 6.07) is 9.45. The molecule has 0 aromatic heterocycles. The molecule has 0 saturated carbocycles. The van der Waals surface area contributed by atoms with Crippen LogP contribution < -0.4 is 20.7 Å². The fourth-order valence-corrected chi connectivity index (χ4v) is 3.22. The number of carbonyl (C=O) groups excluding carboxylic acids is 2. The summed E-state index contributed by atoms with van der Waals surface area (Å²) in [5, 5.41) is 2.84. The van der Waals surface area contributed by atoms with E-state index in [-0.39, 0.29) is 18.1 Å². The van der Waals surface area contributed by atoms with Gasteiger partial charge in [0.15, 0.2) is 11.6 Å². The molecule has 6 nitrogen and oxygen atoms in total. The minimum absolute atomic E-state index is 0.00114. The Hall–Kier alpha value is -3.09. The summed E-state index contributed by atoms with van der Waals surface area (Å²) >= 11 is 0. The van der Waals surface area contributed by atoms with Gasteiger partial charge in [-0.25, -0.2) is 4.39 Å². The summed E-state index contributed by atoms with van der Waals surface area (Å²) in [5.41, 5.74) is 7.60. The Bertz CT molecular complexity index is 864. The number of methoxy groups -OCH3 is 1. The van der Waals surface area contributed by atoms with E-state index in [1.807, 2.05) is 0 Å². The Morgan fingerprint density at radius 2 is 1.93 bits per heavy atom. The minimum atomic E-state index is -0.560. The van der Waals surface area contributed by atoms with Crippen LogP contribution in [-0.2, 0) is 11.2 Å². The summed E-state index contributed by atoms with van der Waals surface area (Å²) in [6.45, 7) is 1.78. The second-order valence-corrected chi connectivity index (χ2v) is 6.48. The van der Waals surface area contributed by atoms with Crippen LogP contribution in [0.15, 0.2) is 36.4 Å². The summed E-state index contributed by atoms with van der Waals surface area (Å²) in [7, 11) is 1.39. The Labute approximate surface area is 157 Å². The van der Waals surface area contributed by atoms with Crippen molar-refractivity contribution in [1.82, 2.24) is 0 Å². The zero-order valence-corrected chi connectivity index (χ0v) is 15.1. The van der Waals surface area contributed by atoms with Crippen LogP contribution in [0.1, 0.15) is 28.8 Å². The van der Waals surface area contributed by atoms with E-state index in [2.05, 4.69) is 10.2 Å². The van der Waals surface area contributed by atoms with E-state index in [4.69, 9.17) is 10.5 Å². The number of rotatable bonds is 6. The number of carbonyl (C=O) groups is 2. The van der Waals surface area contributed by atoms with Gasteiger partial charge < -0.3 is 20.7 Å². The van der Waals surface area contributed by atoms with Gasteiger partial charge in [-0.3, -0.25) is 9.59 Å². The highest BCUT2D eigenvalue weighted by atomic mass is 19.1. The molecule has 0 atom stereocenters. The third-order valence-corrected chi connectivity index (χ3v) is 4.58. The van der Waals surface area contributed by atoms with E-state index < -0.39 is 11.7 Å². The highest BCUT2D eigenvalue weighted by Crippen LogP contribution is 2.30. The van der Waals surface area contributed by atoms with Crippen molar-refractivity contribution in [2.45, 2.75) is 19.3 Å². The fraction of sp³-hybridized carbons (Fsp3) is 0.300. The SMILES string of the molecule is COc1ccc(CC(=O)Nc2cc(C(N)=O)ccc2N2CCCC2)cc1F. The number of nitrogens with one attached hydrogen (secondary N) is 1. The number of ether oxygens (including phenoxy) is 1. The van der Waals surface area contributed by atoms with E-state index in [0.717, 1.165) is 31.6 Å². The molecule has 1 heterocycles. The van der Waals surface area contributed by atoms with Gasteiger partial charge in [-0.05, 0) is 48.7 Å². The number of anilines is 2. The van der Waals surface area contributed by atoms with Crippen molar-refractivity contribution in [3.8, 4) is 5.75 Å². The van der Waals surface area contributed by atoms with Crippen LogP contribution in [0, 0.1) is 5.82 Å². The number of benzene rings is 2.